The van der Waals surface area contributed by atoms with Crippen LogP contribution in [0.3, 0.4) is 0 Å². The van der Waals surface area contributed by atoms with Gasteiger partial charge in [0.05, 0.1) is 12.7 Å². The molecule has 1 N–H and O–H groups in total. The highest BCUT2D eigenvalue weighted by Gasteiger charge is 2.11. The summed E-state index contributed by atoms with van der Waals surface area (Å²) >= 11 is 0. The fourth-order valence-corrected chi connectivity index (χ4v) is 1.80. The molecule has 0 bridgehead atoms. The van der Waals surface area contributed by atoms with E-state index in [0.29, 0.717) is 12.5 Å². The lowest BCUT2D eigenvalue weighted by Crippen LogP contribution is -2.17. The number of hydrogen-bond donors (Lipinski definition) is 1. The Hall–Kier alpha value is -1.46. The Morgan fingerprint density at radius 3 is 2.76 bits per heavy atom. The van der Waals surface area contributed by atoms with E-state index in [-0.39, 0.29) is 5.56 Å². The maximum Gasteiger partial charge on any atom is 0.340 e. The second-order valence-corrected chi connectivity index (χ2v) is 5.30. The maximum absolute atomic E-state index is 13.7. The van der Waals surface area contributed by atoms with Gasteiger partial charge in [-0.05, 0) is 36.6 Å². The van der Waals surface area contributed by atoms with E-state index in [4.69, 9.17) is 4.74 Å². The van der Waals surface area contributed by atoms with Crippen molar-refractivity contribution in [1.29, 1.82) is 0 Å². The van der Waals surface area contributed by atoms with Gasteiger partial charge in [-0.3, -0.25) is 0 Å². The van der Waals surface area contributed by atoms with Crippen molar-refractivity contribution in [2.75, 3.05) is 26.9 Å². The number of methoxy groups -OCH3 is 1. The van der Waals surface area contributed by atoms with Crippen LogP contribution in [0.1, 0.15) is 36.2 Å². The Labute approximate surface area is 125 Å². The molecule has 5 heteroatoms. The van der Waals surface area contributed by atoms with Crippen LogP contribution < -0.4 is 5.32 Å². The Balaban J connectivity index is 2.27. The first-order valence-electron chi connectivity index (χ1n) is 7.19. The number of nitrogens with one attached hydrogen (secondary N) is 1. The molecule has 0 aromatic heterocycles. The summed E-state index contributed by atoms with van der Waals surface area (Å²) < 4.78 is 23.7. The van der Waals surface area contributed by atoms with Crippen LogP contribution in [0.4, 0.5) is 4.39 Å². The van der Waals surface area contributed by atoms with Gasteiger partial charge < -0.3 is 14.8 Å². The normalized spacial score (nSPS) is 10.9. The van der Waals surface area contributed by atoms with Gasteiger partial charge in [-0.25, -0.2) is 9.18 Å². The van der Waals surface area contributed by atoms with E-state index in [0.717, 1.165) is 31.7 Å². The fraction of sp³-hybridized carbons (Fsp3) is 0.562. The Morgan fingerprint density at radius 1 is 1.38 bits per heavy atom. The quantitative estimate of drug-likeness (QED) is 0.562. The molecule has 21 heavy (non-hydrogen) atoms. The number of halogens is 1. The predicted octanol–water partition coefficient (Wildman–Crippen LogP) is 2.76. The third-order valence-electron chi connectivity index (χ3n) is 2.86. The van der Waals surface area contributed by atoms with Crippen molar-refractivity contribution in [2.45, 2.75) is 26.8 Å². The molecule has 0 heterocycles. The number of ether oxygens (including phenoxy) is 2. The summed E-state index contributed by atoms with van der Waals surface area (Å²) in [4.78, 5) is 11.3. The fourth-order valence-electron chi connectivity index (χ4n) is 1.80. The molecule has 118 valence electrons. The van der Waals surface area contributed by atoms with Crippen molar-refractivity contribution >= 4 is 5.97 Å². The van der Waals surface area contributed by atoms with Gasteiger partial charge in [0.25, 0.3) is 0 Å². The Morgan fingerprint density at radius 2 is 2.14 bits per heavy atom. The van der Waals surface area contributed by atoms with Gasteiger partial charge in [-0.2, -0.15) is 0 Å². The molecule has 0 saturated heterocycles. The van der Waals surface area contributed by atoms with Crippen LogP contribution in [0.25, 0.3) is 0 Å². The number of esters is 1. The van der Waals surface area contributed by atoms with Crippen molar-refractivity contribution in [3.05, 3.63) is 35.1 Å². The molecule has 1 aromatic carbocycles. The lowest BCUT2D eigenvalue weighted by Gasteiger charge is -2.08. The van der Waals surface area contributed by atoms with Gasteiger partial charge in [0.15, 0.2) is 0 Å². The van der Waals surface area contributed by atoms with E-state index in [2.05, 4.69) is 23.9 Å². The summed E-state index contributed by atoms with van der Waals surface area (Å²) in [7, 11) is 1.23. The van der Waals surface area contributed by atoms with Crippen LogP contribution in [0, 0.1) is 11.7 Å². The van der Waals surface area contributed by atoms with E-state index in [1.54, 1.807) is 6.07 Å². The van der Waals surface area contributed by atoms with E-state index in [9.17, 15) is 9.18 Å². The largest absolute Gasteiger partial charge is 0.465 e. The zero-order valence-corrected chi connectivity index (χ0v) is 12.9. The second-order valence-electron chi connectivity index (χ2n) is 5.30. The maximum atomic E-state index is 13.7. The first-order valence-corrected chi connectivity index (χ1v) is 7.19. The molecule has 0 radical (unpaired) electrons. The first-order chi connectivity index (χ1) is 10.0. The van der Waals surface area contributed by atoms with E-state index >= 15 is 0 Å². The first kappa shape index (κ1) is 17.6. The summed E-state index contributed by atoms with van der Waals surface area (Å²) in [5, 5.41) is 3.22. The minimum Gasteiger partial charge on any atom is -0.465 e. The molecule has 0 aliphatic heterocycles. The van der Waals surface area contributed by atoms with Crippen LogP contribution >= 0.6 is 0 Å². The van der Waals surface area contributed by atoms with Crippen LogP contribution in [0.5, 0.6) is 0 Å². The van der Waals surface area contributed by atoms with Crippen molar-refractivity contribution < 1.29 is 18.7 Å². The Kier molecular flexibility index (Phi) is 7.93. The van der Waals surface area contributed by atoms with Gasteiger partial charge in [0.2, 0.25) is 0 Å². The number of carbonyl (C=O) groups is 1. The number of hydrogen-bond acceptors (Lipinski definition) is 4. The van der Waals surface area contributed by atoms with Gasteiger partial charge >= 0.3 is 5.97 Å². The molecular formula is C16H24FNO3. The molecule has 1 rings (SSSR count). The molecule has 0 aliphatic rings. The zero-order valence-electron chi connectivity index (χ0n) is 12.9. The van der Waals surface area contributed by atoms with Gasteiger partial charge in [0, 0.05) is 19.8 Å². The Bertz CT molecular complexity index is 449. The van der Waals surface area contributed by atoms with Gasteiger partial charge in [-0.15, -0.1) is 0 Å². The van der Waals surface area contributed by atoms with Crippen molar-refractivity contribution in [2.24, 2.45) is 5.92 Å². The molecule has 4 nitrogen and oxygen atoms in total. The van der Waals surface area contributed by atoms with Crippen LogP contribution in [-0.4, -0.2) is 32.8 Å². The second kappa shape index (κ2) is 9.47. The third kappa shape index (κ3) is 6.69. The third-order valence-corrected chi connectivity index (χ3v) is 2.86. The van der Waals surface area contributed by atoms with E-state index in [1.807, 2.05) is 0 Å². The van der Waals surface area contributed by atoms with E-state index in [1.165, 1.54) is 19.2 Å². The summed E-state index contributed by atoms with van der Waals surface area (Å²) in [6.45, 7) is 7.09. The summed E-state index contributed by atoms with van der Waals surface area (Å²) in [5.41, 5.74) is 0.756. The van der Waals surface area contributed by atoms with Crippen LogP contribution in [-0.2, 0) is 16.0 Å². The van der Waals surface area contributed by atoms with Gasteiger partial charge in [-0.1, -0.05) is 19.9 Å². The average molecular weight is 297 g/mol. The average Bonchev–Trinajstić information content (AvgIpc) is 2.45. The lowest BCUT2D eigenvalue weighted by atomic mass is 10.1. The monoisotopic (exact) mass is 297 g/mol. The smallest absolute Gasteiger partial charge is 0.340 e. The lowest BCUT2D eigenvalue weighted by molar-refractivity contribution is 0.0595. The van der Waals surface area contributed by atoms with Crippen molar-refractivity contribution in [1.82, 2.24) is 5.32 Å². The van der Waals surface area contributed by atoms with Crippen molar-refractivity contribution in [3.8, 4) is 0 Å². The topological polar surface area (TPSA) is 47.6 Å². The molecule has 0 saturated carbocycles. The standard InChI is InChI=1S/C16H24FNO3/c1-12(2)11-21-8-4-7-18-10-13-5-6-14(15(17)9-13)16(19)20-3/h5-6,9,12,18H,4,7-8,10-11H2,1-3H3. The van der Waals surface area contributed by atoms with E-state index < -0.39 is 11.8 Å². The summed E-state index contributed by atoms with van der Waals surface area (Å²) in [6.07, 6.45) is 0.912. The molecule has 0 unspecified atom stereocenters. The molecule has 0 aliphatic carbocycles. The molecule has 0 atom stereocenters. The molecule has 1 aromatic rings. The van der Waals surface area contributed by atoms with Crippen LogP contribution in [0.15, 0.2) is 18.2 Å². The van der Waals surface area contributed by atoms with Crippen LogP contribution in [0.2, 0.25) is 0 Å². The zero-order chi connectivity index (χ0) is 15.7. The molecule has 0 spiro atoms. The highest BCUT2D eigenvalue weighted by atomic mass is 19.1. The number of rotatable bonds is 9. The summed E-state index contributed by atoms with van der Waals surface area (Å²) in [6, 6.07) is 4.52. The highest BCUT2D eigenvalue weighted by Crippen LogP contribution is 2.11. The number of carbonyl (C=O) groups excluding carboxylic acids is 1. The molecular weight excluding hydrogens is 273 g/mol. The minimum atomic E-state index is -0.658. The summed E-state index contributed by atoms with van der Waals surface area (Å²) in [5.74, 6) is -0.662. The minimum absolute atomic E-state index is 0.0386. The SMILES string of the molecule is COC(=O)c1ccc(CNCCCOCC(C)C)cc1F. The van der Waals surface area contributed by atoms with Crippen molar-refractivity contribution in [3.63, 3.8) is 0 Å². The molecule has 0 amide bonds. The molecule has 0 fully saturated rings. The number of benzene rings is 1. The predicted molar refractivity (Wildman–Crippen MR) is 79.7 cm³/mol. The highest BCUT2D eigenvalue weighted by molar-refractivity contribution is 5.89. The van der Waals surface area contributed by atoms with Gasteiger partial charge in [0.1, 0.15) is 5.82 Å².